The summed E-state index contributed by atoms with van der Waals surface area (Å²) in [5.41, 5.74) is 2.52. The molecule has 6 heteroatoms. The molecule has 0 amide bonds. The van der Waals surface area contributed by atoms with Gasteiger partial charge in [0.2, 0.25) is 0 Å². The van der Waals surface area contributed by atoms with E-state index < -0.39 is 0 Å². The molecule has 1 atom stereocenters. The molecule has 96 valence electrons. The van der Waals surface area contributed by atoms with Crippen molar-refractivity contribution in [3.05, 3.63) is 11.9 Å². The zero-order valence-corrected chi connectivity index (χ0v) is 10.4. The predicted octanol–water partition coefficient (Wildman–Crippen LogP) is 0.897. The molecule has 17 heavy (non-hydrogen) atoms. The molecule has 6 nitrogen and oxygen atoms in total. The van der Waals surface area contributed by atoms with Gasteiger partial charge >= 0.3 is 0 Å². The Morgan fingerprint density at radius 2 is 2.12 bits per heavy atom. The van der Waals surface area contributed by atoms with Crippen molar-refractivity contribution in [3.63, 3.8) is 0 Å². The summed E-state index contributed by atoms with van der Waals surface area (Å²) in [6, 6.07) is 1.75. The van der Waals surface area contributed by atoms with Crippen LogP contribution < -0.4 is 16.6 Å². The fourth-order valence-electron chi connectivity index (χ4n) is 1.41. The number of hydrogen-bond donors (Lipinski definition) is 4. The number of hydrogen-bond acceptors (Lipinski definition) is 6. The smallest absolute Gasteiger partial charge is 0.145 e. The van der Waals surface area contributed by atoms with Crippen molar-refractivity contribution in [1.29, 1.82) is 0 Å². The second kappa shape index (κ2) is 7.03. The van der Waals surface area contributed by atoms with Gasteiger partial charge < -0.3 is 15.8 Å². The average molecular weight is 239 g/mol. The van der Waals surface area contributed by atoms with Gasteiger partial charge in [0.05, 0.1) is 6.10 Å². The zero-order chi connectivity index (χ0) is 12.7. The maximum Gasteiger partial charge on any atom is 0.145 e. The number of rotatable bonds is 7. The van der Waals surface area contributed by atoms with E-state index >= 15 is 0 Å². The summed E-state index contributed by atoms with van der Waals surface area (Å²) in [4.78, 5) is 8.62. The van der Waals surface area contributed by atoms with E-state index in [4.69, 9.17) is 10.9 Å². The standard InChI is InChI=1S/C11H21N5O/c1-3-4-9-14-10(7-11(15-9)16-12)13-6-5-8(2)17/h7-8,17H,3-6,12H2,1-2H3,(H2,13,14,15,16). The summed E-state index contributed by atoms with van der Waals surface area (Å²) in [5.74, 6) is 7.45. The van der Waals surface area contributed by atoms with Crippen molar-refractivity contribution >= 4 is 11.6 Å². The maximum absolute atomic E-state index is 9.16. The number of hydrazine groups is 1. The van der Waals surface area contributed by atoms with Crippen LogP contribution in [0.2, 0.25) is 0 Å². The molecule has 0 saturated heterocycles. The first kappa shape index (κ1) is 13.7. The summed E-state index contributed by atoms with van der Waals surface area (Å²) >= 11 is 0. The first-order chi connectivity index (χ1) is 8.15. The van der Waals surface area contributed by atoms with E-state index in [0.717, 1.165) is 24.5 Å². The Labute approximate surface area is 102 Å². The minimum Gasteiger partial charge on any atom is -0.393 e. The topological polar surface area (TPSA) is 96.1 Å². The van der Waals surface area contributed by atoms with E-state index in [0.29, 0.717) is 18.8 Å². The van der Waals surface area contributed by atoms with Gasteiger partial charge in [-0.15, -0.1) is 0 Å². The Balaban J connectivity index is 2.66. The fraction of sp³-hybridized carbons (Fsp3) is 0.636. The van der Waals surface area contributed by atoms with Crippen molar-refractivity contribution in [2.24, 2.45) is 5.84 Å². The van der Waals surface area contributed by atoms with Crippen molar-refractivity contribution in [3.8, 4) is 0 Å². The van der Waals surface area contributed by atoms with Gasteiger partial charge in [0.1, 0.15) is 17.5 Å². The molecule has 1 rings (SSSR count). The van der Waals surface area contributed by atoms with Crippen molar-refractivity contribution < 1.29 is 5.11 Å². The number of aliphatic hydroxyl groups excluding tert-OH is 1. The van der Waals surface area contributed by atoms with Crippen LogP contribution in [0.25, 0.3) is 0 Å². The van der Waals surface area contributed by atoms with E-state index in [1.807, 2.05) is 0 Å². The number of aliphatic hydroxyl groups is 1. The Bertz CT molecular complexity index is 343. The lowest BCUT2D eigenvalue weighted by molar-refractivity contribution is 0.188. The van der Waals surface area contributed by atoms with Crippen LogP contribution in [0.15, 0.2) is 6.07 Å². The maximum atomic E-state index is 9.16. The Morgan fingerprint density at radius 3 is 2.71 bits per heavy atom. The number of nitrogens with zero attached hydrogens (tertiary/aromatic N) is 2. The van der Waals surface area contributed by atoms with Gasteiger partial charge in [-0.3, -0.25) is 0 Å². The van der Waals surface area contributed by atoms with E-state index in [-0.39, 0.29) is 6.10 Å². The lowest BCUT2D eigenvalue weighted by atomic mass is 10.3. The Morgan fingerprint density at radius 1 is 1.41 bits per heavy atom. The molecule has 0 radical (unpaired) electrons. The predicted molar refractivity (Wildman–Crippen MR) is 68.6 cm³/mol. The highest BCUT2D eigenvalue weighted by Gasteiger charge is 2.03. The van der Waals surface area contributed by atoms with Gasteiger partial charge in [-0.05, 0) is 19.8 Å². The van der Waals surface area contributed by atoms with Crippen LogP contribution in [0.4, 0.5) is 11.6 Å². The zero-order valence-electron chi connectivity index (χ0n) is 10.4. The highest BCUT2D eigenvalue weighted by atomic mass is 16.3. The third kappa shape index (κ3) is 4.97. The largest absolute Gasteiger partial charge is 0.393 e. The molecular formula is C11H21N5O. The Kier molecular flexibility index (Phi) is 5.65. The van der Waals surface area contributed by atoms with Crippen LogP contribution in [-0.2, 0) is 6.42 Å². The van der Waals surface area contributed by atoms with Gasteiger partial charge in [0.15, 0.2) is 0 Å². The van der Waals surface area contributed by atoms with Gasteiger partial charge in [0, 0.05) is 19.0 Å². The first-order valence-electron chi connectivity index (χ1n) is 5.92. The second-order valence-electron chi connectivity index (χ2n) is 4.01. The summed E-state index contributed by atoms with van der Waals surface area (Å²) in [5, 5.41) is 12.3. The Hall–Kier alpha value is -1.40. The number of nitrogen functional groups attached to an aromatic ring is 1. The number of anilines is 2. The number of nitrogens with one attached hydrogen (secondary N) is 2. The lowest BCUT2D eigenvalue weighted by Crippen LogP contribution is -2.14. The molecule has 1 aromatic rings. The number of aromatic nitrogens is 2. The van der Waals surface area contributed by atoms with E-state index in [9.17, 15) is 0 Å². The van der Waals surface area contributed by atoms with Crippen molar-refractivity contribution in [2.75, 3.05) is 17.3 Å². The van der Waals surface area contributed by atoms with Crippen LogP contribution >= 0.6 is 0 Å². The molecule has 0 spiro atoms. The quantitative estimate of drug-likeness (QED) is 0.417. The third-order valence-corrected chi connectivity index (χ3v) is 2.26. The molecule has 1 aromatic heterocycles. The molecule has 1 heterocycles. The minimum absolute atomic E-state index is 0.313. The first-order valence-corrected chi connectivity index (χ1v) is 5.92. The summed E-state index contributed by atoms with van der Waals surface area (Å²) in [6.07, 6.45) is 2.17. The molecule has 0 aliphatic rings. The number of nitrogens with two attached hydrogens (primary N) is 1. The van der Waals surface area contributed by atoms with Gasteiger partial charge in [-0.1, -0.05) is 6.92 Å². The van der Waals surface area contributed by atoms with Crippen LogP contribution in [0.3, 0.4) is 0 Å². The SMILES string of the molecule is CCCc1nc(NN)cc(NCCC(C)O)n1. The third-order valence-electron chi connectivity index (χ3n) is 2.26. The molecule has 5 N–H and O–H groups in total. The average Bonchev–Trinajstić information content (AvgIpc) is 2.28. The molecule has 0 saturated carbocycles. The van der Waals surface area contributed by atoms with Crippen LogP contribution in [0, 0.1) is 0 Å². The normalized spacial score (nSPS) is 12.2. The van der Waals surface area contributed by atoms with Gasteiger partial charge in [-0.25, -0.2) is 15.8 Å². The molecule has 1 unspecified atom stereocenters. The summed E-state index contributed by atoms with van der Waals surface area (Å²) < 4.78 is 0. The lowest BCUT2D eigenvalue weighted by Gasteiger charge is -2.10. The summed E-state index contributed by atoms with van der Waals surface area (Å²) in [7, 11) is 0. The molecule has 0 aliphatic carbocycles. The molecule has 0 fully saturated rings. The van der Waals surface area contributed by atoms with E-state index in [2.05, 4.69) is 27.6 Å². The summed E-state index contributed by atoms with van der Waals surface area (Å²) in [6.45, 7) is 4.51. The molecule has 0 aliphatic heterocycles. The van der Waals surface area contributed by atoms with Crippen LogP contribution in [0.5, 0.6) is 0 Å². The monoisotopic (exact) mass is 239 g/mol. The van der Waals surface area contributed by atoms with Crippen LogP contribution in [-0.4, -0.2) is 27.7 Å². The molecular weight excluding hydrogens is 218 g/mol. The van der Waals surface area contributed by atoms with Crippen LogP contribution in [0.1, 0.15) is 32.5 Å². The van der Waals surface area contributed by atoms with E-state index in [1.54, 1.807) is 13.0 Å². The van der Waals surface area contributed by atoms with E-state index in [1.165, 1.54) is 0 Å². The minimum atomic E-state index is -0.313. The van der Waals surface area contributed by atoms with Crippen molar-refractivity contribution in [2.45, 2.75) is 39.2 Å². The fourth-order valence-corrected chi connectivity index (χ4v) is 1.41. The molecule has 0 aromatic carbocycles. The highest BCUT2D eigenvalue weighted by Crippen LogP contribution is 2.11. The number of aryl methyl sites for hydroxylation is 1. The highest BCUT2D eigenvalue weighted by molar-refractivity contribution is 5.46. The van der Waals surface area contributed by atoms with Gasteiger partial charge in [0.25, 0.3) is 0 Å². The van der Waals surface area contributed by atoms with Crippen molar-refractivity contribution in [1.82, 2.24) is 9.97 Å². The van der Waals surface area contributed by atoms with Gasteiger partial charge in [-0.2, -0.15) is 0 Å². The molecule has 0 bridgehead atoms. The second-order valence-corrected chi connectivity index (χ2v) is 4.01.